The van der Waals surface area contributed by atoms with Crippen LogP contribution in [-0.4, -0.2) is 30.2 Å². The van der Waals surface area contributed by atoms with Gasteiger partial charge in [0.05, 0.1) is 6.04 Å². The van der Waals surface area contributed by atoms with Crippen LogP contribution in [0.3, 0.4) is 0 Å². The third-order valence-electron chi connectivity index (χ3n) is 2.55. The molecule has 4 N–H and O–H groups in total. The zero-order valence-electron chi connectivity index (χ0n) is 10.2. The molecule has 1 atom stereocenters. The summed E-state index contributed by atoms with van der Waals surface area (Å²) in [5.41, 5.74) is 5.62. The van der Waals surface area contributed by atoms with E-state index in [0.717, 1.165) is 0 Å². The number of amides is 1. The molecule has 0 heterocycles. The zero-order chi connectivity index (χ0) is 12.1. The molecule has 0 aliphatic heterocycles. The fourth-order valence-electron chi connectivity index (χ4n) is 1.14. The molecular formula is C11H24N2O2. The van der Waals surface area contributed by atoms with Gasteiger partial charge < -0.3 is 16.2 Å². The number of nitrogens with one attached hydrogen (secondary N) is 1. The maximum Gasteiger partial charge on any atom is 0.237 e. The molecule has 15 heavy (non-hydrogen) atoms. The lowest BCUT2D eigenvalue weighted by atomic mass is 9.89. The summed E-state index contributed by atoms with van der Waals surface area (Å²) >= 11 is 0. The molecule has 90 valence electrons. The van der Waals surface area contributed by atoms with Crippen LogP contribution in [-0.2, 0) is 4.79 Å². The third-order valence-corrected chi connectivity index (χ3v) is 2.55. The van der Waals surface area contributed by atoms with E-state index in [0.29, 0.717) is 13.0 Å². The summed E-state index contributed by atoms with van der Waals surface area (Å²) in [4.78, 5) is 11.5. The fraction of sp³-hybridized carbons (Fsp3) is 0.909. The van der Waals surface area contributed by atoms with Gasteiger partial charge in [0.2, 0.25) is 5.91 Å². The molecule has 0 saturated carbocycles. The van der Waals surface area contributed by atoms with Gasteiger partial charge in [0.25, 0.3) is 0 Å². The summed E-state index contributed by atoms with van der Waals surface area (Å²) in [6.45, 7) is 8.53. The van der Waals surface area contributed by atoms with Crippen molar-refractivity contribution in [3.8, 4) is 0 Å². The zero-order valence-corrected chi connectivity index (χ0v) is 10.2. The van der Waals surface area contributed by atoms with Gasteiger partial charge in [0, 0.05) is 13.2 Å². The van der Waals surface area contributed by atoms with Crippen LogP contribution in [0.2, 0.25) is 0 Å². The number of hydrogen-bond donors (Lipinski definition) is 3. The number of aliphatic hydroxyl groups excluding tert-OH is 1. The molecule has 4 nitrogen and oxygen atoms in total. The third kappa shape index (κ3) is 5.74. The minimum absolute atomic E-state index is 0.0822. The summed E-state index contributed by atoms with van der Waals surface area (Å²) in [5.74, 6) is 0.0296. The summed E-state index contributed by atoms with van der Waals surface area (Å²) in [5, 5.41) is 11.6. The van der Waals surface area contributed by atoms with Crippen LogP contribution in [0.1, 0.15) is 34.1 Å². The smallest absolute Gasteiger partial charge is 0.237 e. The highest BCUT2D eigenvalue weighted by molar-refractivity contribution is 5.81. The normalized spacial score (nSPS) is 14.1. The average molecular weight is 216 g/mol. The Hall–Kier alpha value is -0.610. The van der Waals surface area contributed by atoms with Gasteiger partial charge in [-0.2, -0.15) is 0 Å². The molecule has 0 aromatic rings. The van der Waals surface area contributed by atoms with Crippen LogP contribution in [0, 0.1) is 11.3 Å². The number of aliphatic hydroxyl groups is 1. The van der Waals surface area contributed by atoms with Crippen molar-refractivity contribution < 1.29 is 9.90 Å². The number of rotatable bonds is 6. The van der Waals surface area contributed by atoms with Crippen molar-refractivity contribution in [2.45, 2.75) is 40.2 Å². The lowest BCUT2D eigenvalue weighted by Gasteiger charge is -2.25. The maximum atomic E-state index is 11.5. The Balaban J connectivity index is 4.00. The van der Waals surface area contributed by atoms with E-state index in [1.807, 2.05) is 27.7 Å². The molecule has 1 amide bonds. The van der Waals surface area contributed by atoms with Crippen molar-refractivity contribution in [1.82, 2.24) is 5.32 Å². The van der Waals surface area contributed by atoms with E-state index in [2.05, 4.69) is 5.32 Å². The highest BCUT2D eigenvalue weighted by Gasteiger charge is 2.21. The van der Waals surface area contributed by atoms with Crippen molar-refractivity contribution in [3.63, 3.8) is 0 Å². The second kappa shape index (κ2) is 6.08. The first-order valence-electron chi connectivity index (χ1n) is 5.44. The second-order valence-electron chi connectivity index (χ2n) is 5.13. The Morgan fingerprint density at radius 3 is 2.40 bits per heavy atom. The molecular weight excluding hydrogens is 192 g/mol. The van der Waals surface area contributed by atoms with Gasteiger partial charge in [-0.1, -0.05) is 27.7 Å². The van der Waals surface area contributed by atoms with Crippen molar-refractivity contribution in [2.75, 3.05) is 13.2 Å². The lowest BCUT2D eigenvalue weighted by Crippen LogP contribution is -2.46. The maximum absolute atomic E-state index is 11.5. The molecule has 0 aliphatic rings. The SMILES string of the molecule is CC(C)[C@H](N)C(=O)NCC(C)(C)CCO. The molecule has 0 rings (SSSR count). The molecule has 0 aliphatic carbocycles. The minimum Gasteiger partial charge on any atom is -0.396 e. The number of hydrogen-bond acceptors (Lipinski definition) is 3. The summed E-state index contributed by atoms with van der Waals surface area (Å²) < 4.78 is 0. The summed E-state index contributed by atoms with van der Waals surface area (Å²) in [6.07, 6.45) is 0.671. The lowest BCUT2D eigenvalue weighted by molar-refractivity contribution is -0.123. The quantitative estimate of drug-likeness (QED) is 0.605. The van der Waals surface area contributed by atoms with Gasteiger partial charge in [0.1, 0.15) is 0 Å². The van der Waals surface area contributed by atoms with E-state index in [9.17, 15) is 4.79 Å². The number of carbonyl (C=O) groups excluding carboxylic acids is 1. The van der Waals surface area contributed by atoms with Crippen LogP contribution >= 0.6 is 0 Å². The predicted octanol–water partition coefficient (Wildman–Crippen LogP) is 0.494. The van der Waals surface area contributed by atoms with Gasteiger partial charge in [-0.25, -0.2) is 0 Å². The molecule has 0 aromatic heterocycles. The van der Waals surface area contributed by atoms with E-state index >= 15 is 0 Å². The van der Waals surface area contributed by atoms with E-state index in [4.69, 9.17) is 10.8 Å². The standard InChI is InChI=1S/C11H24N2O2/c1-8(2)9(12)10(15)13-7-11(3,4)5-6-14/h8-9,14H,5-7,12H2,1-4H3,(H,13,15)/t9-/m0/s1. The van der Waals surface area contributed by atoms with Crippen molar-refractivity contribution >= 4 is 5.91 Å². The van der Waals surface area contributed by atoms with Crippen LogP contribution in [0.4, 0.5) is 0 Å². The van der Waals surface area contributed by atoms with Gasteiger partial charge in [-0.3, -0.25) is 4.79 Å². The predicted molar refractivity (Wildman–Crippen MR) is 61.3 cm³/mol. The van der Waals surface area contributed by atoms with Gasteiger partial charge in [0.15, 0.2) is 0 Å². The molecule has 0 unspecified atom stereocenters. The molecule has 4 heteroatoms. The topological polar surface area (TPSA) is 75.4 Å². The first-order valence-corrected chi connectivity index (χ1v) is 5.44. The van der Waals surface area contributed by atoms with Crippen molar-refractivity contribution in [3.05, 3.63) is 0 Å². The van der Waals surface area contributed by atoms with Gasteiger partial charge >= 0.3 is 0 Å². The van der Waals surface area contributed by atoms with Crippen LogP contribution in [0.25, 0.3) is 0 Å². The first kappa shape index (κ1) is 14.4. The van der Waals surface area contributed by atoms with Gasteiger partial charge in [-0.05, 0) is 17.8 Å². The monoisotopic (exact) mass is 216 g/mol. The van der Waals surface area contributed by atoms with Crippen LogP contribution in [0.5, 0.6) is 0 Å². The summed E-state index contributed by atoms with van der Waals surface area (Å²) in [7, 11) is 0. The molecule has 0 aromatic carbocycles. The number of nitrogens with two attached hydrogens (primary N) is 1. The molecule has 0 fully saturated rings. The number of carbonyl (C=O) groups is 1. The fourth-order valence-corrected chi connectivity index (χ4v) is 1.14. The van der Waals surface area contributed by atoms with E-state index in [1.165, 1.54) is 0 Å². The first-order chi connectivity index (χ1) is 6.80. The Labute approximate surface area is 92.2 Å². The minimum atomic E-state index is -0.449. The highest BCUT2D eigenvalue weighted by atomic mass is 16.3. The largest absolute Gasteiger partial charge is 0.396 e. The van der Waals surface area contributed by atoms with E-state index in [1.54, 1.807) is 0 Å². The highest BCUT2D eigenvalue weighted by Crippen LogP contribution is 2.17. The second-order valence-corrected chi connectivity index (χ2v) is 5.13. The molecule has 0 spiro atoms. The van der Waals surface area contributed by atoms with Crippen molar-refractivity contribution in [2.24, 2.45) is 17.1 Å². The Morgan fingerprint density at radius 2 is 2.00 bits per heavy atom. The Kier molecular flexibility index (Phi) is 5.83. The summed E-state index contributed by atoms with van der Waals surface area (Å²) in [6, 6.07) is -0.449. The van der Waals surface area contributed by atoms with E-state index in [-0.39, 0.29) is 23.8 Å². The molecule has 0 bridgehead atoms. The van der Waals surface area contributed by atoms with Crippen LogP contribution in [0.15, 0.2) is 0 Å². The Bertz CT molecular complexity index is 203. The van der Waals surface area contributed by atoms with Crippen molar-refractivity contribution in [1.29, 1.82) is 0 Å². The van der Waals surface area contributed by atoms with Gasteiger partial charge in [-0.15, -0.1) is 0 Å². The van der Waals surface area contributed by atoms with Crippen LogP contribution < -0.4 is 11.1 Å². The average Bonchev–Trinajstić information content (AvgIpc) is 2.13. The Morgan fingerprint density at radius 1 is 1.47 bits per heavy atom. The molecule has 0 radical (unpaired) electrons. The van der Waals surface area contributed by atoms with E-state index < -0.39 is 6.04 Å². The molecule has 0 saturated heterocycles.